The van der Waals surface area contributed by atoms with E-state index in [1.54, 1.807) is 6.07 Å². The average molecular weight is 453 g/mol. The summed E-state index contributed by atoms with van der Waals surface area (Å²) in [6, 6.07) is 22.8. The lowest BCUT2D eigenvalue weighted by molar-refractivity contribution is 0.193. The van der Waals surface area contributed by atoms with E-state index >= 15 is 0 Å². The van der Waals surface area contributed by atoms with Gasteiger partial charge in [0.25, 0.3) is 0 Å². The van der Waals surface area contributed by atoms with E-state index in [2.05, 4.69) is 73.3 Å². The fraction of sp³-hybridized carbons (Fsp3) is 0.552. The van der Waals surface area contributed by atoms with Gasteiger partial charge in [0, 0.05) is 24.9 Å². The molecule has 0 aromatic heterocycles. The van der Waals surface area contributed by atoms with Gasteiger partial charge in [0.1, 0.15) is 0 Å². The van der Waals surface area contributed by atoms with Gasteiger partial charge in [-0.25, -0.2) is 0 Å². The van der Waals surface area contributed by atoms with Crippen molar-refractivity contribution in [1.82, 2.24) is 4.90 Å². The summed E-state index contributed by atoms with van der Waals surface area (Å²) in [5.74, 6) is 0.719. The van der Waals surface area contributed by atoms with Gasteiger partial charge in [-0.3, -0.25) is 0 Å². The van der Waals surface area contributed by atoms with E-state index in [1.165, 1.54) is 68.6 Å². The van der Waals surface area contributed by atoms with Crippen LogP contribution in [0.2, 0.25) is 0 Å². The van der Waals surface area contributed by atoms with Gasteiger partial charge < -0.3 is 4.90 Å². The van der Waals surface area contributed by atoms with Crippen molar-refractivity contribution in [2.45, 2.75) is 89.5 Å². The molecule has 0 aliphatic heterocycles. The Balaban J connectivity index is 0.00000114. The SMILES string of the molecule is CC#N.CCC(CCc1ccc(C2CCC(Cl)CC2)cc1)N(CC)CCc1ccccc1. The Morgan fingerprint density at radius 1 is 0.938 bits per heavy atom. The molecule has 0 saturated heterocycles. The molecule has 1 aliphatic rings. The Morgan fingerprint density at radius 2 is 1.53 bits per heavy atom. The minimum Gasteiger partial charge on any atom is -0.300 e. The summed E-state index contributed by atoms with van der Waals surface area (Å²) in [6.07, 6.45) is 9.62. The van der Waals surface area contributed by atoms with Crippen LogP contribution in [0.25, 0.3) is 0 Å². The molecule has 1 unspecified atom stereocenters. The maximum absolute atomic E-state index is 7.32. The third-order valence-corrected chi connectivity index (χ3v) is 7.23. The monoisotopic (exact) mass is 452 g/mol. The minimum atomic E-state index is 0.403. The van der Waals surface area contributed by atoms with Gasteiger partial charge in [0.15, 0.2) is 0 Å². The number of halogens is 1. The summed E-state index contributed by atoms with van der Waals surface area (Å²) in [5.41, 5.74) is 4.44. The second-order valence-corrected chi connectivity index (χ2v) is 9.50. The van der Waals surface area contributed by atoms with Crippen molar-refractivity contribution in [3.05, 3.63) is 71.3 Å². The number of hydrogen-bond acceptors (Lipinski definition) is 2. The lowest BCUT2D eigenvalue weighted by Gasteiger charge is -2.30. The van der Waals surface area contributed by atoms with Crippen LogP contribution in [0, 0.1) is 11.3 Å². The van der Waals surface area contributed by atoms with Crippen molar-refractivity contribution in [2.75, 3.05) is 13.1 Å². The van der Waals surface area contributed by atoms with Crippen LogP contribution in [0.5, 0.6) is 0 Å². The molecule has 0 radical (unpaired) electrons. The highest BCUT2D eigenvalue weighted by molar-refractivity contribution is 6.20. The first-order valence-corrected chi connectivity index (χ1v) is 12.9. The lowest BCUT2D eigenvalue weighted by Crippen LogP contribution is -2.36. The summed E-state index contributed by atoms with van der Waals surface area (Å²) in [4.78, 5) is 2.67. The molecule has 32 heavy (non-hydrogen) atoms. The zero-order valence-corrected chi connectivity index (χ0v) is 21.0. The van der Waals surface area contributed by atoms with Crippen LogP contribution in [0.1, 0.15) is 81.9 Å². The molecule has 0 spiro atoms. The summed E-state index contributed by atoms with van der Waals surface area (Å²) >= 11 is 6.27. The Bertz CT molecular complexity index is 773. The van der Waals surface area contributed by atoms with Crippen molar-refractivity contribution in [3.63, 3.8) is 0 Å². The van der Waals surface area contributed by atoms with Crippen LogP contribution in [0.4, 0.5) is 0 Å². The number of alkyl halides is 1. The molecule has 0 heterocycles. The Hall–Kier alpha value is -1.82. The van der Waals surface area contributed by atoms with Crippen molar-refractivity contribution in [2.24, 2.45) is 0 Å². The predicted octanol–water partition coefficient (Wildman–Crippen LogP) is 7.76. The van der Waals surface area contributed by atoms with Crippen molar-refractivity contribution < 1.29 is 0 Å². The fourth-order valence-corrected chi connectivity index (χ4v) is 5.09. The van der Waals surface area contributed by atoms with Crippen LogP contribution < -0.4 is 0 Å². The van der Waals surface area contributed by atoms with Gasteiger partial charge in [-0.1, -0.05) is 68.4 Å². The first kappa shape index (κ1) is 26.4. The molecule has 3 rings (SSSR count). The first-order chi connectivity index (χ1) is 15.6. The van der Waals surface area contributed by atoms with Crippen LogP contribution in [0.15, 0.2) is 54.6 Å². The zero-order chi connectivity index (χ0) is 23.2. The van der Waals surface area contributed by atoms with Gasteiger partial charge in [0.2, 0.25) is 0 Å². The van der Waals surface area contributed by atoms with E-state index in [-0.39, 0.29) is 0 Å². The summed E-state index contributed by atoms with van der Waals surface area (Å²) < 4.78 is 0. The van der Waals surface area contributed by atoms with Crippen LogP contribution in [0.3, 0.4) is 0 Å². The highest BCUT2D eigenvalue weighted by atomic mass is 35.5. The van der Waals surface area contributed by atoms with Gasteiger partial charge in [0.05, 0.1) is 6.07 Å². The molecule has 1 aliphatic carbocycles. The molecule has 2 aromatic rings. The Morgan fingerprint density at radius 3 is 2.09 bits per heavy atom. The number of hydrogen-bond donors (Lipinski definition) is 0. The van der Waals surface area contributed by atoms with Crippen LogP contribution in [-0.2, 0) is 12.8 Å². The number of benzene rings is 2. The van der Waals surface area contributed by atoms with E-state index < -0.39 is 0 Å². The molecule has 0 bridgehead atoms. The quantitative estimate of drug-likeness (QED) is 0.344. The van der Waals surface area contributed by atoms with Gasteiger partial charge in [-0.15, -0.1) is 11.6 Å². The fourth-order valence-electron chi connectivity index (χ4n) is 4.84. The second kappa shape index (κ2) is 15.1. The van der Waals surface area contributed by atoms with E-state index in [1.807, 2.05) is 0 Å². The molecule has 2 aromatic carbocycles. The zero-order valence-electron chi connectivity index (χ0n) is 20.3. The molecule has 0 amide bonds. The molecule has 1 atom stereocenters. The van der Waals surface area contributed by atoms with Gasteiger partial charge in [-0.05, 0) is 80.5 Å². The smallest absolute Gasteiger partial charge is 0.0587 e. The number of rotatable bonds is 10. The Kier molecular flexibility index (Phi) is 12.5. The summed E-state index contributed by atoms with van der Waals surface area (Å²) in [6.45, 7) is 8.36. The van der Waals surface area contributed by atoms with Crippen molar-refractivity contribution in [1.29, 1.82) is 5.26 Å². The van der Waals surface area contributed by atoms with Crippen molar-refractivity contribution in [3.8, 4) is 6.07 Å². The van der Waals surface area contributed by atoms with Gasteiger partial charge in [-0.2, -0.15) is 5.26 Å². The maximum atomic E-state index is 7.32. The van der Waals surface area contributed by atoms with Crippen LogP contribution >= 0.6 is 11.6 Å². The third-order valence-electron chi connectivity index (χ3n) is 6.80. The minimum absolute atomic E-state index is 0.403. The van der Waals surface area contributed by atoms with Gasteiger partial charge >= 0.3 is 0 Å². The third kappa shape index (κ3) is 8.97. The molecule has 0 N–H and O–H groups in total. The van der Waals surface area contributed by atoms with E-state index in [9.17, 15) is 0 Å². The normalized spacial score (nSPS) is 19.0. The van der Waals surface area contributed by atoms with E-state index in [0.29, 0.717) is 11.4 Å². The summed E-state index contributed by atoms with van der Waals surface area (Å²) in [7, 11) is 0. The molecular weight excluding hydrogens is 412 g/mol. The molecule has 1 fully saturated rings. The standard InChI is InChI=1S/C27H38ClN.C2H3N/c1-3-27(29(4-2)21-20-22-8-6-5-7-9-22)19-12-23-10-13-24(14-11-23)25-15-17-26(28)18-16-25;1-2-3/h5-11,13-14,25-27H,3-4,12,15-21H2,1-2H3;1H3. The summed E-state index contributed by atoms with van der Waals surface area (Å²) in [5, 5.41) is 7.72. The predicted molar refractivity (Wildman–Crippen MR) is 138 cm³/mol. The topological polar surface area (TPSA) is 27.0 Å². The maximum Gasteiger partial charge on any atom is 0.0587 e. The second-order valence-electron chi connectivity index (χ2n) is 8.88. The highest BCUT2D eigenvalue weighted by Gasteiger charge is 2.21. The molecule has 174 valence electrons. The molecule has 1 saturated carbocycles. The average Bonchev–Trinajstić information content (AvgIpc) is 2.83. The van der Waals surface area contributed by atoms with E-state index in [4.69, 9.17) is 16.9 Å². The van der Waals surface area contributed by atoms with E-state index in [0.717, 1.165) is 25.4 Å². The highest BCUT2D eigenvalue weighted by Crippen LogP contribution is 2.35. The number of nitrogens with zero attached hydrogens (tertiary/aromatic N) is 2. The van der Waals surface area contributed by atoms with Crippen molar-refractivity contribution >= 4 is 11.6 Å². The lowest BCUT2D eigenvalue weighted by atomic mass is 9.83. The number of likely N-dealkylation sites (N-methyl/N-ethyl adjacent to an activating group) is 1. The first-order valence-electron chi connectivity index (χ1n) is 12.4. The Labute approximate surface area is 201 Å². The molecular formula is C29H41ClN2. The number of aryl methyl sites for hydroxylation is 1. The molecule has 2 nitrogen and oxygen atoms in total. The van der Waals surface area contributed by atoms with Crippen LogP contribution in [-0.4, -0.2) is 29.4 Å². The molecule has 3 heteroatoms. The number of nitriles is 1. The largest absolute Gasteiger partial charge is 0.300 e.